The molecule has 0 spiro atoms. The molecule has 1 aromatic carbocycles. The van der Waals surface area contributed by atoms with Crippen molar-refractivity contribution in [2.24, 2.45) is 0 Å². The van der Waals surface area contributed by atoms with E-state index in [-0.39, 0.29) is 0 Å². The summed E-state index contributed by atoms with van der Waals surface area (Å²) in [5.41, 5.74) is -3.32. The van der Waals surface area contributed by atoms with Crippen molar-refractivity contribution in [3.05, 3.63) is 25.5 Å². The zero-order valence-electron chi connectivity index (χ0n) is 4.40. The van der Waals surface area contributed by atoms with Gasteiger partial charge in [0.25, 0.3) is 5.43 Å². The summed E-state index contributed by atoms with van der Waals surface area (Å²) in [6, 6.07) is 0. The Hall–Kier alpha value is -0.970. The minimum Gasteiger partial charge on any atom is -0.284 e. The quantitative estimate of drug-likeness (QED) is 0.452. The number of nitrogens with zero attached hydrogens (tertiary/aromatic N) is 1. The summed E-state index contributed by atoms with van der Waals surface area (Å²) in [5, 5.41) is -2.17. The minimum atomic E-state index is -1.47. The Bertz CT molecular complexity index is 328. The molecule has 0 N–H and O–H groups in total. The van der Waals surface area contributed by atoms with Crippen LogP contribution in [0.1, 0.15) is 0 Å². The summed E-state index contributed by atoms with van der Waals surface area (Å²) >= 11 is 4.94. The molecule has 0 radical (unpaired) electrons. The second-order valence-corrected chi connectivity index (χ2v) is 1.93. The van der Waals surface area contributed by atoms with Gasteiger partial charge in [-0.05, 0) is 5.34 Å². The fourth-order valence-electron chi connectivity index (χ4n) is 0.503. The van der Waals surface area contributed by atoms with E-state index in [1.807, 2.05) is 0 Å². The third-order valence-corrected chi connectivity index (χ3v) is 1.35. The van der Waals surface area contributed by atoms with Gasteiger partial charge in [0.05, 0.1) is 0 Å². The second-order valence-electron chi connectivity index (χ2n) is 1.55. The average molecular weight is 167 g/mol. The van der Waals surface area contributed by atoms with Gasteiger partial charge in [-0.2, -0.15) is 0 Å². The molecule has 0 heterocycles. The molecule has 0 unspecified atom stereocenters. The van der Waals surface area contributed by atoms with Crippen molar-refractivity contribution in [3.8, 4) is 0 Å². The lowest BCUT2D eigenvalue weighted by Gasteiger charge is -2.03. The van der Waals surface area contributed by atoms with E-state index in [9.17, 15) is 18.6 Å². The molecule has 6 heteroatoms. The Morgan fingerprint density at radius 2 is 1.70 bits per heavy atom. The van der Waals surface area contributed by atoms with Crippen molar-refractivity contribution >= 4 is 17.3 Å². The summed E-state index contributed by atoms with van der Waals surface area (Å²) in [6.45, 7) is 0. The van der Waals surface area contributed by atoms with Crippen LogP contribution in [0.4, 0.5) is 14.6 Å². The molecule has 0 saturated heterocycles. The maximum atomic E-state index is 11.5. The Balaban J connectivity index is 3.23. The normalized spacial score (nSPS) is 10.3. The lowest BCUT2D eigenvalue weighted by molar-refractivity contribution is 0.233. The molecule has 0 aliphatic heterocycles. The zero-order valence-corrected chi connectivity index (χ0v) is 5.15. The molecule has 10 heavy (non-hydrogen) atoms. The van der Waals surface area contributed by atoms with E-state index in [1.165, 1.54) is 0 Å². The molecular weight excluding hydrogens is 167 g/mol. The number of anilines is 1. The first-order valence-corrected chi connectivity index (χ1v) is 2.54. The topological polar surface area (TPSA) is 37.4 Å². The zero-order chi connectivity index (χ0) is 7.89. The van der Waals surface area contributed by atoms with Crippen molar-refractivity contribution in [1.82, 2.24) is 0 Å². The van der Waals surface area contributed by atoms with E-state index in [0.717, 1.165) is 0 Å². The van der Waals surface area contributed by atoms with Gasteiger partial charge in [-0.15, -0.1) is 0 Å². The highest BCUT2D eigenvalue weighted by Gasteiger charge is 2.24. The lowest BCUT2D eigenvalue weighted by atomic mass is 10.3. The van der Waals surface area contributed by atoms with Crippen molar-refractivity contribution in [2.45, 2.75) is 0 Å². The number of hydrogen-bond donors (Lipinski definition) is 0. The summed E-state index contributed by atoms with van der Waals surface area (Å²) < 4.78 is 22.9. The highest BCUT2D eigenvalue weighted by molar-refractivity contribution is 6.33. The maximum Gasteiger partial charge on any atom is 0.257 e. The molecule has 54 valence electrons. The van der Waals surface area contributed by atoms with Gasteiger partial charge in [0.2, 0.25) is 5.43 Å². The van der Waals surface area contributed by atoms with E-state index in [4.69, 9.17) is 11.6 Å². The van der Waals surface area contributed by atoms with Gasteiger partial charge in [-0.3, -0.25) is 9.59 Å². The molecule has 3 nitrogen and oxygen atoms in total. The van der Waals surface area contributed by atoms with E-state index in [1.54, 1.807) is 0 Å². The molecule has 0 bridgehead atoms. The number of halogens is 3. The molecule has 1 rings (SSSR count). The fraction of sp³-hybridized carbons (Fsp3) is 0. The molecule has 0 atom stereocenters. The van der Waals surface area contributed by atoms with Crippen LogP contribution in [0.5, 0.6) is 0 Å². The van der Waals surface area contributed by atoms with Crippen molar-refractivity contribution in [2.75, 3.05) is 5.34 Å². The average Bonchev–Trinajstić information content (AvgIpc) is 1.87. The predicted octanol–water partition coefficient (Wildman–Crippen LogP) is 0.511. The predicted molar refractivity (Wildman–Crippen MR) is 31.1 cm³/mol. The van der Waals surface area contributed by atoms with E-state index in [0.29, 0.717) is 0 Å². The van der Waals surface area contributed by atoms with E-state index in [2.05, 4.69) is 0 Å². The Kier molecular flexibility index (Phi) is 1.44. The lowest BCUT2D eigenvalue weighted by Crippen LogP contribution is -2.35. The SMILES string of the molecule is O=c1c(Cl)c(N(F)F)c1=O. The Morgan fingerprint density at radius 3 is 1.90 bits per heavy atom. The first-order chi connectivity index (χ1) is 4.55. The van der Waals surface area contributed by atoms with Crippen LogP contribution in [0.3, 0.4) is 0 Å². The van der Waals surface area contributed by atoms with Crippen LogP contribution in [0.25, 0.3) is 0 Å². The maximum absolute atomic E-state index is 11.5. The molecular formula is C4ClF2NO2. The van der Waals surface area contributed by atoms with Crippen LogP contribution in [0, 0.1) is 0 Å². The summed E-state index contributed by atoms with van der Waals surface area (Å²) in [6.07, 6.45) is 0. The molecule has 0 fully saturated rings. The molecule has 0 amide bonds. The van der Waals surface area contributed by atoms with Gasteiger partial charge in [0.15, 0.2) is 5.69 Å². The molecule has 0 aliphatic carbocycles. The van der Waals surface area contributed by atoms with Crippen LogP contribution in [0.2, 0.25) is 5.02 Å². The fourth-order valence-corrected chi connectivity index (χ4v) is 0.738. The standard InChI is InChI=1S/C4ClF2NO2/c5-1-2(8(6)7)4(10)3(1)9. The van der Waals surface area contributed by atoms with Gasteiger partial charge in [-0.1, -0.05) is 20.6 Å². The number of rotatable bonds is 1. The molecule has 0 aromatic heterocycles. The van der Waals surface area contributed by atoms with E-state index >= 15 is 0 Å². The summed E-state index contributed by atoms with van der Waals surface area (Å²) in [7, 11) is 0. The Labute approximate surface area is 58.0 Å². The van der Waals surface area contributed by atoms with Gasteiger partial charge in [0.1, 0.15) is 5.02 Å². The van der Waals surface area contributed by atoms with Gasteiger partial charge in [0, 0.05) is 0 Å². The van der Waals surface area contributed by atoms with Crippen LogP contribution >= 0.6 is 11.6 Å². The minimum absolute atomic E-state index is 0.699. The van der Waals surface area contributed by atoms with Gasteiger partial charge >= 0.3 is 0 Å². The van der Waals surface area contributed by atoms with Crippen molar-refractivity contribution in [1.29, 1.82) is 0 Å². The highest BCUT2D eigenvalue weighted by Crippen LogP contribution is 2.19. The van der Waals surface area contributed by atoms with Crippen LogP contribution in [-0.2, 0) is 0 Å². The first-order valence-electron chi connectivity index (χ1n) is 2.16. The highest BCUT2D eigenvalue weighted by atomic mass is 35.5. The second kappa shape index (κ2) is 2.02. The third-order valence-electron chi connectivity index (χ3n) is 0.998. The number of hydrogen-bond acceptors (Lipinski definition) is 3. The van der Waals surface area contributed by atoms with E-state index < -0.39 is 26.9 Å². The summed E-state index contributed by atoms with van der Waals surface area (Å²) in [5.74, 6) is 0. The van der Waals surface area contributed by atoms with Gasteiger partial charge in [-0.25, -0.2) is 0 Å². The molecule has 1 aromatic rings. The van der Waals surface area contributed by atoms with Crippen molar-refractivity contribution < 1.29 is 8.96 Å². The summed E-state index contributed by atoms with van der Waals surface area (Å²) in [4.78, 5) is 20.4. The largest absolute Gasteiger partial charge is 0.284 e. The smallest absolute Gasteiger partial charge is 0.257 e. The van der Waals surface area contributed by atoms with Gasteiger partial charge < -0.3 is 0 Å². The van der Waals surface area contributed by atoms with Crippen molar-refractivity contribution in [3.63, 3.8) is 0 Å². The van der Waals surface area contributed by atoms with Crippen LogP contribution < -0.4 is 16.2 Å². The van der Waals surface area contributed by atoms with Crippen LogP contribution in [-0.4, -0.2) is 0 Å². The van der Waals surface area contributed by atoms with Crippen LogP contribution in [0.15, 0.2) is 9.59 Å². The third kappa shape index (κ3) is 0.706. The monoisotopic (exact) mass is 167 g/mol. The Morgan fingerprint density at radius 1 is 1.20 bits per heavy atom. The molecule has 0 saturated carbocycles. The molecule has 0 aliphatic rings. The first kappa shape index (κ1) is 7.14.